The molecule has 0 spiro atoms. The Balaban J connectivity index is 1.78. The third-order valence-electron chi connectivity index (χ3n) is 4.79. The molecule has 0 amide bonds. The molecule has 0 aliphatic carbocycles. The van der Waals surface area contributed by atoms with Crippen molar-refractivity contribution in [1.29, 1.82) is 0 Å². The number of aromatic nitrogens is 3. The summed E-state index contributed by atoms with van der Waals surface area (Å²) >= 11 is 1.38. The first-order valence-electron chi connectivity index (χ1n) is 9.28. The molecule has 1 aromatic heterocycles. The highest BCUT2D eigenvalue weighted by atomic mass is 32.2. The van der Waals surface area contributed by atoms with Crippen molar-refractivity contribution in [1.82, 2.24) is 14.8 Å². The van der Waals surface area contributed by atoms with Gasteiger partial charge in [-0.05, 0) is 47.9 Å². The number of nitro groups is 1. The van der Waals surface area contributed by atoms with Crippen molar-refractivity contribution in [2.24, 2.45) is 0 Å². The second-order valence-electron chi connectivity index (χ2n) is 6.89. The lowest BCUT2D eigenvalue weighted by Crippen LogP contribution is -2.11. The summed E-state index contributed by atoms with van der Waals surface area (Å²) in [5.41, 5.74) is 3.01. The van der Waals surface area contributed by atoms with E-state index in [2.05, 4.69) is 16.3 Å². The summed E-state index contributed by atoms with van der Waals surface area (Å²) in [6, 6.07) is 21.9. The van der Waals surface area contributed by atoms with Crippen LogP contribution in [0, 0.1) is 24.0 Å². The molecule has 0 aliphatic rings. The van der Waals surface area contributed by atoms with Crippen LogP contribution in [0.2, 0.25) is 0 Å². The molecule has 4 aromatic rings. The van der Waals surface area contributed by atoms with Gasteiger partial charge < -0.3 is 0 Å². The molecule has 3 aromatic carbocycles. The van der Waals surface area contributed by atoms with E-state index >= 15 is 0 Å². The van der Waals surface area contributed by atoms with E-state index in [1.165, 1.54) is 11.8 Å². The second-order valence-corrected chi connectivity index (χ2v) is 8.06. The van der Waals surface area contributed by atoms with Gasteiger partial charge in [0.15, 0.2) is 5.16 Å². The first-order valence-corrected chi connectivity index (χ1v) is 10.2. The Labute approximate surface area is 172 Å². The van der Waals surface area contributed by atoms with Gasteiger partial charge in [-0.15, -0.1) is 10.2 Å². The number of hydrogen-bond donors (Lipinski definition) is 0. The van der Waals surface area contributed by atoms with Crippen molar-refractivity contribution in [2.45, 2.75) is 24.3 Å². The molecule has 29 heavy (non-hydrogen) atoms. The number of hydrogen-bond acceptors (Lipinski definition) is 5. The molecular weight excluding hydrogens is 384 g/mol. The fourth-order valence-electron chi connectivity index (χ4n) is 3.48. The molecule has 1 atom stereocenters. The Hall–Kier alpha value is -3.19. The predicted octanol–water partition coefficient (Wildman–Crippen LogP) is 5.15. The van der Waals surface area contributed by atoms with Crippen molar-refractivity contribution >= 4 is 22.5 Å². The molecule has 0 saturated carbocycles. The maximum Gasteiger partial charge on any atom is 0.220 e. The zero-order valence-corrected chi connectivity index (χ0v) is 17.0. The van der Waals surface area contributed by atoms with Crippen LogP contribution in [0.4, 0.5) is 0 Å². The summed E-state index contributed by atoms with van der Waals surface area (Å²) in [5.74, 6) is 0.746. The Bertz CT molecular complexity index is 1180. The van der Waals surface area contributed by atoms with E-state index in [0.717, 1.165) is 33.4 Å². The van der Waals surface area contributed by atoms with E-state index in [9.17, 15) is 10.1 Å². The Kier molecular flexibility index (Phi) is 5.31. The lowest BCUT2D eigenvalue weighted by molar-refractivity contribution is -0.479. The number of thioether (sulfide) groups is 1. The zero-order chi connectivity index (χ0) is 20.4. The predicted molar refractivity (Wildman–Crippen MR) is 115 cm³/mol. The van der Waals surface area contributed by atoms with Gasteiger partial charge in [0.25, 0.3) is 0 Å². The fourth-order valence-corrected chi connectivity index (χ4v) is 4.69. The number of benzene rings is 3. The minimum absolute atomic E-state index is 0.196. The highest BCUT2D eigenvalue weighted by Gasteiger charge is 2.25. The van der Waals surface area contributed by atoms with Gasteiger partial charge in [-0.2, -0.15) is 0 Å². The van der Waals surface area contributed by atoms with Gasteiger partial charge in [-0.3, -0.25) is 14.7 Å². The van der Waals surface area contributed by atoms with Gasteiger partial charge in [0.05, 0.1) is 0 Å². The van der Waals surface area contributed by atoms with Crippen LogP contribution in [0.3, 0.4) is 0 Å². The first-order chi connectivity index (χ1) is 14.0. The van der Waals surface area contributed by atoms with Crippen LogP contribution >= 0.6 is 11.8 Å². The summed E-state index contributed by atoms with van der Waals surface area (Å²) in [6.07, 6.45) is 0. The van der Waals surface area contributed by atoms with Gasteiger partial charge in [-0.1, -0.05) is 66.4 Å². The number of aryl methyl sites for hydroxylation is 2. The van der Waals surface area contributed by atoms with Crippen molar-refractivity contribution < 1.29 is 4.92 Å². The summed E-state index contributed by atoms with van der Waals surface area (Å²) in [7, 11) is 0. The first kappa shape index (κ1) is 19.1. The molecular formula is C22H20N4O2S. The lowest BCUT2D eigenvalue weighted by atomic mass is 10.0. The van der Waals surface area contributed by atoms with Crippen LogP contribution < -0.4 is 0 Å². The third-order valence-corrected chi connectivity index (χ3v) is 5.95. The van der Waals surface area contributed by atoms with E-state index in [1.807, 2.05) is 79.1 Å². The normalized spacial score (nSPS) is 12.2. The SMILES string of the molecule is Cc1cccc(-n2c(C)nnc2S[C@@H](C[N+](=O)[O-])c2cccc3ccccc23)c1. The van der Waals surface area contributed by atoms with Crippen LogP contribution in [0.15, 0.2) is 71.9 Å². The van der Waals surface area contributed by atoms with E-state index in [1.54, 1.807) is 0 Å². The summed E-state index contributed by atoms with van der Waals surface area (Å²) in [5, 5.41) is 22.4. The molecule has 0 fully saturated rings. The molecule has 0 N–H and O–H groups in total. The van der Waals surface area contributed by atoms with Gasteiger partial charge in [0, 0.05) is 10.6 Å². The number of nitrogens with zero attached hydrogens (tertiary/aromatic N) is 4. The molecule has 0 aliphatic heterocycles. The van der Waals surface area contributed by atoms with Crippen molar-refractivity contribution in [3.8, 4) is 5.69 Å². The van der Waals surface area contributed by atoms with Crippen molar-refractivity contribution in [3.63, 3.8) is 0 Å². The second kappa shape index (κ2) is 8.05. The molecule has 0 unspecified atom stereocenters. The average Bonchev–Trinajstić information content (AvgIpc) is 3.07. The molecule has 0 radical (unpaired) electrons. The zero-order valence-electron chi connectivity index (χ0n) is 16.1. The Morgan fingerprint density at radius 1 is 1.03 bits per heavy atom. The van der Waals surface area contributed by atoms with E-state index in [0.29, 0.717) is 5.16 Å². The van der Waals surface area contributed by atoms with Crippen LogP contribution in [-0.2, 0) is 0 Å². The van der Waals surface area contributed by atoms with Crippen molar-refractivity contribution in [3.05, 3.63) is 93.8 Å². The summed E-state index contributed by atoms with van der Waals surface area (Å²) in [6.45, 7) is 3.72. The number of rotatable bonds is 6. The van der Waals surface area contributed by atoms with E-state index in [-0.39, 0.29) is 16.7 Å². The van der Waals surface area contributed by atoms with E-state index < -0.39 is 0 Å². The smallest absolute Gasteiger partial charge is 0.220 e. The maximum absolute atomic E-state index is 11.5. The Morgan fingerprint density at radius 3 is 2.59 bits per heavy atom. The van der Waals surface area contributed by atoms with Gasteiger partial charge in [0.1, 0.15) is 11.1 Å². The maximum atomic E-state index is 11.5. The topological polar surface area (TPSA) is 73.8 Å². The molecule has 146 valence electrons. The largest absolute Gasteiger partial charge is 0.274 e. The quantitative estimate of drug-likeness (QED) is 0.252. The molecule has 1 heterocycles. The van der Waals surface area contributed by atoms with Crippen molar-refractivity contribution in [2.75, 3.05) is 6.54 Å². The summed E-state index contributed by atoms with van der Waals surface area (Å²) < 4.78 is 1.95. The van der Waals surface area contributed by atoms with Crippen LogP contribution in [0.5, 0.6) is 0 Å². The number of fused-ring (bicyclic) bond motifs is 1. The highest BCUT2D eigenvalue weighted by molar-refractivity contribution is 7.99. The van der Waals surface area contributed by atoms with Crippen LogP contribution in [-0.4, -0.2) is 26.2 Å². The lowest BCUT2D eigenvalue weighted by Gasteiger charge is -2.16. The minimum atomic E-state index is -0.386. The van der Waals surface area contributed by atoms with E-state index in [4.69, 9.17) is 0 Å². The molecule has 0 saturated heterocycles. The van der Waals surface area contributed by atoms with Crippen LogP contribution in [0.25, 0.3) is 16.5 Å². The fraction of sp³-hybridized carbons (Fsp3) is 0.182. The molecule has 7 heteroatoms. The van der Waals surface area contributed by atoms with Gasteiger partial charge in [0.2, 0.25) is 6.54 Å². The van der Waals surface area contributed by atoms with Gasteiger partial charge in [-0.25, -0.2) is 0 Å². The molecule has 4 rings (SSSR count). The highest BCUT2D eigenvalue weighted by Crippen LogP contribution is 2.38. The third kappa shape index (κ3) is 4.00. The average molecular weight is 404 g/mol. The van der Waals surface area contributed by atoms with Crippen LogP contribution in [0.1, 0.15) is 22.2 Å². The monoisotopic (exact) mass is 404 g/mol. The summed E-state index contributed by atoms with van der Waals surface area (Å²) in [4.78, 5) is 11.2. The molecule has 6 nitrogen and oxygen atoms in total. The Morgan fingerprint density at radius 2 is 1.79 bits per heavy atom. The standard InChI is InChI=1S/C22H20N4O2S/c1-15-7-5-10-18(13-15)26-16(2)23-24-22(26)29-21(14-25(27)28)20-12-6-9-17-8-3-4-11-19(17)20/h3-13,21H,14H2,1-2H3/t21-/m0/s1. The minimum Gasteiger partial charge on any atom is -0.274 e. The van der Waals surface area contributed by atoms with Gasteiger partial charge >= 0.3 is 0 Å². The molecule has 0 bridgehead atoms.